The van der Waals surface area contributed by atoms with Crippen LogP contribution in [0.4, 0.5) is 4.39 Å². The van der Waals surface area contributed by atoms with Crippen molar-refractivity contribution >= 4 is 15.9 Å². The first-order valence-electron chi connectivity index (χ1n) is 4.28. The van der Waals surface area contributed by atoms with Crippen LogP contribution in [0, 0.1) is 17.3 Å². The lowest BCUT2D eigenvalue weighted by Gasteiger charge is -2.19. The molecule has 5 heteroatoms. The van der Waals surface area contributed by atoms with Crippen molar-refractivity contribution in [1.29, 1.82) is 5.26 Å². The van der Waals surface area contributed by atoms with Crippen molar-refractivity contribution in [2.75, 3.05) is 0 Å². The second-order valence-electron chi connectivity index (χ2n) is 3.06. The maximum atomic E-state index is 12.9. The van der Waals surface area contributed by atoms with Gasteiger partial charge in [-0.05, 0) is 12.1 Å². The van der Waals surface area contributed by atoms with Gasteiger partial charge in [-0.1, -0.05) is 22.0 Å². The molecular formula is C10H7BrFN3. The summed E-state index contributed by atoms with van der Waals surface area (Å²) < 4.78 is 13.5. The molecule has 0 bridgehead atoms. The quantitative estimate of drug-likeness (QED) is 0.795. The maximum absolute atomic E-state index is 12.9. The molecule has 1 aliphatic rings. The van der Waals surface area contributed by atoms with Gasteiger partial charge in [0.2, 0.25) is 0 Å². The van der Waals surface area contributed by atoms with Gasteiger partial charge in [-0.2, -0.15) is 5.26 Å². The summed E-state index contributed by atoms with van der Waals surface area (Å²) in [5, 5.41) is 11.8. The zero-order valence-corrected chi connectivity index (χ0v) is 9.20. The van der Waals surface area contributed by atoms with Crippen molar-refractivity contribution in [1.82, 2.24) is 10.2 Å². The molecule has 1 aromatic rings. The molecule has 3 nitrogen and oxygen atoms in total. The third-order valence-electron chi connectivity index (χ3n) is 2.14. The molecule has 1 aliphatic heterocycles. The van der Waals surface area contributed by atoms with Gasteiger partial charge in [-0.3, -0.25) is 4.90 Å². The Morgan fingerprint density at radius 2 is 2.33 bits per heavy atom. The van der Waals surface area contributed by atoms with Gasteiger partial charge in [-0.15, -0.1) is 0 Å². The molecule has 0 fully saturated rings. The van der Waals surface area contributed by atoms with Gasteiger partial charge in [0.1, 0.15) is 12.0 Å². The fraction of sp³-hybridized carbons (Fsp3) is 0.100. The highest BCUT2D eigenvalue weighted by molar-refractivity contribution is 9.10. The Kier molecular flexibility index (Phi) is 2.60. The van der Waals surface area contributed by atoms with E-state index in [1.54, 1.807) is 18.5 Å². The van der Waals surface area contributed by atoms with Crippen LogP contribution in [-0.2, 0) is 0 Å². The van der Waals surface area contributed by atoms with Crippen LogP contribution in [0.15, 0.2) is 35.1 Å². The van der Waals surface area contributed by atoms with E-state index in [1.165, 1.54) is 17.0 Å². The SMILES string of the molecule is N#CN1C=CNC1c1ccc(F)cc1Br. The number of benzene rings is 1. The molecule has 1 atom stereocenters. The zero-order chi connectivity index (χ0) is 10.8. The summed E-state index contributed by atoms with van der Waals surface area (Å²) in [5.41, 5.74) is 0.822. The average Bonchev–Trinajstić information content (AvgIpc) is 2.65. The second kappa shape index (κ2) is 3.91. The molecule has 0 radical (unpaired) electrons. The van der Waals surface area contributed by atoms with Gasteiger partial charge in [-0.25, -0.2) is 4.39 Å². The predicted octanol–water partition coefficient (Wildman–Crippen LogP) is 2.44. The number of halogens is 2. The van der Waals surface area contributed by atoms with Crippen LogP contribution in [0.1, 0.15) is 11.7 Å². The molecule has 0 amide bonds. The van der Waals surface area contributed by atoms with Gasteiger partial charge < -0.3 is 5.32 Å². The standard InChI is InChI=1S/C10H7BrFN3/c11-9-5-7(12)1-2-8(9)10-14-3-4-15(10)6-13/h1-5,10,14H. The smallest absolute Gasteiger partial charge is 0.185 e. The number of hydrogen-bond acceptors (Lipinski definition) is 3. The van der Waals surface area contributed by atoms with E-state index < -0.39 is 0 Å². The van der Waals surface area contributed by atoms with Gasteiger partial charge in [0.15, 0.2) is 6.19 Å². The Hall–Kier alpha value is -1.54. The summed E-state index contributed by atoms with van der Waals surface area (Å²) in [6, 6.07) is 4.40. The van der Waals surface area contributed by atoms with Crippen LogP contribution >= 0.6 is 15.9 Å². The predicted molar refractivity (Wildman–Crippen MR) is 56.6 cm³/mol. The molecular weight excluding hydrogens is 261 g/mol. The van der Waals surface area contributed by atoms with Gasteiger partial charge in [0.05, 0.1) is 0 Å². The molecule has 1 heterocycles. The molecule has 1 unspecified atom stereocenters. The van der Waals surface area contributed by atoms with E-state index >= 15 is 0 Å². The number of nitriles is 1. The minimum absolute atomic E-state index is 0.259. The van der Waals surface area contributed by atoms with Crippen LogP contribution in [0.5, 0.6) is 0 Å². The summed E-state index contributed by atoms with van der Waals surface area (Å²) in [4.78, 5) is 1.46. The van der Waals surface area contributed by atoms with Crippen LogP contribution < -0.4 is 5.32 Å². The van der Waals surface area contributed by atoms with Crippen molar-refractivity contribution in [2.45, 2.75) is 6.17 Å². The number of nitrogens with zero attached hydrogens (tertiary/aromatic N) is 2. The fourth-order valence-electron chi connectivity index (χ4n) is 1.43. The van der Waals surface area contributed by atoms with E-state index in [-0.39, 0.29) is 12.0 Å². The van der Waals surface area contributed by atoms with Crippen LogP contribution in [0.2, 0.25) is 0 Å². The molecule has 1 N–H and O–H groups in total. The van der Waals surface area contributed by atoms with Gasteiger partial charge >= 0.3 is 0 Å². The Morgan fingerprint density at radius 1 is 1.53 bits per heavy atom. The molecule has 1 aromatic carbocycles. The lowest BCUT2D eigenvalue weighted by Crippen LogP contribution is -2.23. The Morgan fingerprint density at radius 3 is 3.00 bits per heavy atom. The molecule has 0 saturated heterocycles. The summed E-state index contributed by atoms with van der Waals surface area (Å²) in [7, 11) is 0. The van der Waals surface area contributed by atoms with Crippen molar-refractivity contribution in [3.8, 4) is 6.19 Å². The summed E-state index contributed by atoms with van der Waals surface area (Å²) in [5.74, 6) is -0.305. The first kappa shape index (κ1) is 9.99. The Labute approximate surface area is 94.9 Å². The molecule has 2 rings (SSSR count). The largest absolute Gasteiger partial charge is 0.365 e. The van der Waals surface area contributed by atoms with Gasteiger partial charge in [0.25, 0.3) is 0 Å². The first-order valence-corrected chi connectivity index (χ1v) is 5.07. The Balaban J connectivity index is 2.35. The highest BCUT2D eigenvalue weighted by Crippen LogP contribution is 2.28. The van der Waals surface area contributed by atoms with E-state index in [1.807, 2.05) is 6.19 Å². The number of rotatable bonds is 1. The third-order valence-corrected chi connectivity index (χ3v) is 2.83. The normalized spacial score (nSPS) is 18.7. The maximum Gasteiger partial charge on any atom is 0.185 e. The van der Waals surface area contributed by atoms with Crippen LogP contribution in [0.25, 0.3) is 0 Å². The first-order chi connectivity index (χ1) is 7.22. The van der Waals surface area contributed by atoms with E-state index in [9.17, 15) is 4.39 Å². The number of nitrogens with one attached hydrogen (secondary N) is 1. The lowest BCUT2D eigenvalue weighted by molar-refractivity contribution is 0.388. The van der Waals surface area contributed by atoms with Crippen molar-refractivity contribution in [2.24, 2.45) is 0 Å². The van der Waals surface area contributed by atoms with E-state index in [2.05, 4.69) is 21.2 Å². The fourth-order valence-corrected chi connectivity index (χ4v) is 2.00. The molecule has 0 aromatic heterocycles. The topological polar surface area (TPSA) is 39.1 Å². The number of hydrogen-bond donors (Lipinski definition) is 1. The van der Waals surface area contributed by atoms with Crippen molar-refractivity contribution < 1.29 is 4.39 Å². The van der Waals surface area contributed by atoms with Crippen LogP contribution in [-0.4, -0.2) is 4.90 Å². The summed E-state index contributed by atoms with van der Waals surface area (Å²) in [6.07, 6.45) is 5.09. The highest BCUT2D eigenvalue weighted by atomic mass is 79.9. The molecule has 76 valence electrons. The third kappa shape index (κ3) is 1.81. The monoisotopic (exact) mass is 267 g/mol. The molecule has 0 spiro atoms. The van der Waals surface area contributed by atoms with Crippen LogP contribution in [0.3, 0.4) is 0 Å². The van der Waals surface area contributed by atoms with E-state index in [0.29, 0.717) is 4.47 Å². The minimum Gasteiger partial charge on any atom is -0.365 e. The summed E-state index contributed by atoms with van der Waals surface area (Å²) >= 11 is 3.27. The van der Waals surface area contributed by atoms with E-state index in [4.69, 9.17) is 5.26 Å². The highest BCUT2D eigenvalue weighted by Gasteiger charge is 2.22. The van der Waals surface area contributed by atoms with Crippen molar-refractivity contribution in [3.63, 3.8) is 0 Å². The molecule has 0 saturated carbocycles. The summed E-state index contributed by atoms with van der Waals surface area (Å²) in [6.45, 7) is 0. The Bertz CT molecular complexity index is 452. The lowest BCUT2D eigenvalue weighted by atomic mass is 10.1. The van der Waals surface area contributed by atoms with Crippen molar-refractivity contribution in [3.05, 3.63) is 46.5 Å². The molecule has 0 aliphatic carbocycles. The average molecular weight is 268 g/mol. The van der Waals surface area contributed by atoms with E-state index in [0.717, 1.165) is 5.56 Å². The van der Waals surface area contributed by atoms with Gasteiger partial charge in [0, 0.05) is 22.4 Å². The minimum atomic E-state index is -0.305. The second-order valence-corrected chi connectivity index (χ2v) is 3.91. The zero-order valence-electron chi connectivity index (χ0n) is 7.61. The molecule has 15 heavy (non-hydrogen) atoms.